The number of hydrogen-bond donors (Lipinski definition) is 1. The lowest BCUT2D eigenvalue weighted by Gasteiger charge is -2.15. The summed E-state index contributed by atoms with van der Waals surface area (Å²) in [5.41, 5.74) is 0.794. The molecule has 5 heteroatoms. The van der Waals surface area contributed by atoms with Gasteiger partial charge in [-0.25, -0.2) is 4.68 Å². The van der Waals surface area contributed by atoms with Crippen molar-refractivity contribution in [2.45, 2.75) is 39.0 Å². The van der Waals surface area contributed by atoms with E-state index in [1.54, 1.807) is 16.9 Å². The van der Waals surface area contributed by atoms with Crippen LogP contribution in [0.5, 0.6) is 0 Å². The third-order valence-corrected chi connectivity index (χ3v) is 3.88. The molecule has 86 valence electrons. The maximum atomic E-state index is 8.98. The lowest BCUT2D eigenvalue weighted by molar-refractivity contribution is 0.0732. The Kier molecular flexibility index (Phi) is 4.50. The van der Waals surface area contributed by atoms with Crippen molar-refractivity contribution in [3.63, 3.8) is 0 Å². The van der Waals surface area contributed by atoms with Gasteiger partial charge in [0, 0.05) is 20.9 Å². The number of hydrogen-bond acceptors (Lipinski definition) is 3. The van der Waals surface area contributed by atoms with E-state index >= 15 is 0 Å². The standard InChI is InChI=1S/C10H20N2O2Si/c1-15(2,3)7-6-14-9-12-10(8-13)4-5-11-12/h4-5,13H,6-9H2,1-3H3. The number of aromatic nitrogens is 2. The van der Waals surface area contributed by atoms with Gasteiger partial charge in [0.2, 0.25) is 0 Å². The molecule has 0 saturated carbocycles. The zero-order valence-corrected chi connectivity index (χ0v) is 10.7. The van der Waals surface area contributed by atoms with Gasteiger partial charge in [-0.2, -0.15) is 5.10 Å². The van der Waals surface area contributed by atoms with Crippen LogP contribution in [-0.4, -0.2) is 29.6 Å². The summed E-state index contributed by atoms with van der Waals surface area (Å²) < 4.78 is 7.21. The minimum absolute atomic E-state index is 0.0113. The van der Waals surface area contributed by atoms with Gasteiger partial charge < -0.3 is 9.84 Å². The molecule has 0 radical (unpaired) electrons. The molecule has 1 aromatic heterocycles. The minimum atomic E-state index is -1.01. The molecule has 0 amide bonds. The summed E-state index contributed by atoms with van der Waals surface area (Å²) in [7, 11) is -1.01. The molecule has 0 spiro atoms. The number of nitrogens with zero attached hydrogens (tertiary/aromatic N) is 2. The van der Waals surface area contributed by atoms with Crippen molar-refractivity contribution >= 4 is 8.07 Å². The van der Waals surface area contributed by atoms with Crippen LogP contribution in [0.3, 0.4) is 0 Å². The maximum absolute atomic E-state index is 8.98. The summed E-state index contributed by atoms with van der Waals surface area (Å²) in [4.78, 5) is 0. The van der Waals surface area contributed by atoms with Gasteiger partial charge >= 0.3 is 0 Å². The van der Waals surface area contributed by atoms with E-state index in [1.807, 2.05) is 0 Å². The Labute approximate surface area is 91.9 Å². The predicted octanol–water partition coefficient (Wildman–Crippen LogP) is 1.69. The first-order valence-electron chi connectivity index (χ1n) is 5.22. The second-order valence-corrected chi connectivity index (χ2v) is 10.4. The predicted molar refractivity (Wildman–Crippen MR) is 62.3 cm³/mol. The van der Waals surface area contributed by atoms with Crippen molar-refractivity contribution in [2.24, 2.45) is 0 Å². The van der Waals surface area contributed by atoms with E-state index in [1.165, 1.54) is 0 Å². The van der Waals surface area contributed by atoms with Crippen molar-refractivity contribution in [1.29, 1.82) is 0 Å². The van der Waals surface area contributed by atoms with Crippen LogP contribution in [0.2, 0.25) is 25.7 Å². The first kappa shape index (κ1) is 12.4. The summed E-state index contributed by atoms with van der Waals surface area (Å²) >= 11 is 0. The van der Waals surface area contributed by atoms with Gasteiger partial charge in [0.05, 0.1) is 12.3 Å². The molecular formula is C10H20N2O2Si. The maximum Gasteiger partial charge on any atom is 0.139 e. The van der Waals surface area contributed by atoms with Gasteiger partial charge in [-0.3, -0.25) is 0 Å². The topological polar surface area (TPSA) is 47.3 Å². The summed E-state index contributed by atoms with van der Waals surface area (Å²) in [5, 5.41) is 13.0. The van der Waals surface area contributed by atoms with Crippen LogP contribution >= 0.6 is 0 Å². The molecule has 0 bridgehead atoms. The molecule has 1 rings (SSSR count). The smallest absolute Gasteiger partial charge is 0.139 e. The molecule has 0 fully saturated rings. The van der Waals surface area contributed by atoms with Crippen LogP contribution in [0.15, 0.2) is 12.3 Å². The molecule has 0 aromatic carbocycles. The summed E-state index contributed by atoms with van der Waals surface area (Å²) in [6.45, 7) is 8.20. The van der Waals surface area contributed by atoms with Crippen LogP contribution in [0, 0.1) is 0 Å². The first-order chi connectivity index (χ1) is 7.03. The average molecular weight is 228 g/mol. The van der Waals surface area contributed by atoms with Crippen LogP contribution < -0.4 is 0 Å². The van der Waals surface area contributed by atoms with E-state index in [4.69, 9.17) is 9.84 Å². The highest BCUT2D eigenvalue weighted by molar-refractivity contribution is 6.76. The third kappa shape index (κ3) is 4.59. The molecule has 1 heterocycles. The van der Waals surface area contributed by atoms with Crippen molar-refractivity contribution in [1.82, 2.24) is 9.78 Å². The lowest BCUT2D eigenvalue weighted by Crippen LogP contribution is -2.22. The van der Waals surface area contributed by atoms with E-state index in [9.17, 15) is 0 Å². The molecule has 0 aliphatic heterocycles. The van der Waals surface area contributed by atoms with E-state index < -0.39 is 8.07 Å². The van der Waals surface area contributed by atoms with Gasteiger partial charge in [-0.05, 0) is 12.1 Å². The van der Waals surface area contributed by atoms with E-state index in [2.05, 4.69) is 24.7 Å². The lowest BCUT2D eigenvalue weighted by atomic mass is 10.5. The highest BCUT2D eigenvalue weighted by Gasteiger charge is 2.12. The number of aliphatic hydroxyl groups excluding tert-OH is 1. The second-order valence-electron chi connectivity index (χ2n) is 4.83. The van der Waals surface area contributed by atoms with Gasteiger partial charge in [0.15, 0.2) is 0 Å². The SMILES string of the molecule is C[Si](C)(C)CCOCn1nccc1CO. The Bertz CT molecular complexity index is 294. The van der Waals surface area contributed by atoms with Gasteiger partial charge in [-0.1, -0.05) is 19.6 Å². The molecule has 1 aromatic rings. The highest BCUT2D eigenvalue weighted by atomic mass is 28.3. The highest BCUT2D eigenvalue weighted by Crippen LogP contribution is 2.08. The number of rotatable bonds is 6. The van der Waals surface area contributed by atoms with Crippen molar-refractivity contribution in [2.75, 3.05) is 6.61 Å². The van der Waals surface area contributed by atoms with Crippen molar-refractivity contribution in [3.8, 4) is 0 Å². The zero-order valence-electron chi connectivity index (χ0n) is 9.73. The molecule has 4 nitrogen and oxygen atoms in total. The fraction of sp³-hybridized carbons (Fsp3) is 0.700. The normalized spacial score (nSPS) is 12.0. The third-order valence-electron chi connectivity index (χ3n) is 2.18. The summed E-state index contributed by atoms with van der Waals surface area (Å²) in [6.07, 6.45) is 1.67. The first-order valence-corrected chi connectivity index (χ1v) is 8.93. The average Bonchev–Trinajstić information content (AvgIpc) is 2.58. The van der Waals surface area contributed by atoms with Crippen molar-refractivity contribution in [3.05, 3.63) is 18.0 Å². The molecular weight excluding hydrogens is 208 g/mol. The van der Waals surface area contributed by atoms with E-state index in [0.717, 1.165) is 18.3 Å². The molecule has 0 aliphatic rings. The van der Waals surface area contributed by atoms with Crippen molar-refractivity contribution < 1.29 is 9.84 Å². The Balaban J connectivity index is 2.26. The largest absolute Gasteiger partial charge is 0.390 e. The number of aliphatic hydroxyl groups is 1. The monoisotopic (exact) mass is 228 g/mol. The van der Waals surface area contributed by atoms with Crippen LogP contribution in [0.25, 0.3) is 0 Å². The van der Waals surface area contributed by atoms with E-state index in [-0.39, 0.29) is 6.61 Å². The minimum Gasteiger partial charge on any atom is -0.390 e. The van der Waals surface area contributed by atoms with E-state index in [0.29, 0.717) is 6.73 Å². The van der Waals surface area contributed by atoms with Crippen LogP contribution in [0.4, 0.5) is 0 Å². The van der Waals surface area contributed by atoms with Crippen LogP contribution in [0.1, 0.15) is 5.69 Å². The molecule has 0 atom stereocenters. The Morgan fingerprint density at radius 1 is 1.47 bits per heavy atom. The fourth-order valence-electron chi connectivity index (χ4n) is 1.14. The summed E-state index contributed by atoms with van der Waals surface area (Å²) in [5.74, 6) is 0. The molecule has 0 aliphatic carbocycles. The second kappa shape index (κ2) is 5.44. The molecule has 0 saturated heterocycles. The Morgan fingerprint density at radius 2 is 2.20 bits per heavy atom. The zero-order chi connectivity index (χ0) is 11.3. The Morgan fingerprint density at radius 3 is 2.80 bits per heavy atom. The summed E-state index contributed by atoms with van der Waals surface area (Å²) in [6, 6.07) is 2.95. The molecule has 15 heavy (non-hydrogen) atoms. The number of ether oxygens (including phenoxy) is 1. The van der Waals surface area contributed by atoms with Gasteiger partial charge in [0.1, 0.15) is 6.73 Å². The Hall–Kier alpha value is -0.653. The van der Waals surface area contributed by atoms with Gasteiger partial charge in [-0.15, -0.1) is 0 Å². The molecule has 0 unspecified atom stereocenters. The van der Waals surface area contributed by atoms with Crippen LogP contribution in [-0.2, 0) is 18.1 Å². The quantitative estimate of drug-likeness (QED) is 0.595. The molecule has 1 N–H and O–H groups in total. The fourth-order valence-corrected chi connectivity index (χ4v) is 1.90. The van der Waals surface area contributed by atoms with Gasteiger partial charge in [0.25, 0.3) is 0 Å².